The second-order valence-corrected chi connectivity index (χ2v) is 8.40. The lowest BCUT2D eigenvalue weighted by Crippen LogP contribution is -2.06. The minimum Gasteiger partial charge on any atom is -0.318 e. The van der Waals surface area contributed by atoms with Crippen molar-refractivity contribution in [1.29, 1.82) is 0 Å². The van der Waals surface area contributed by atoms with Gasteiger partial charge in [-0.1, -0.05) is 17.8 Å². The summed E-state index contributed by atoms with van der Waals surface area (Å²) in [5.74, 6) is 1.96. The molecule has 0 saturated heterocycles. The fourth-order valence-electron chi connectivity index (χ4n) is 3.59. The summed E-state index contributed by atoms with van der Waals surface area (Å²) in [7, 11) is 0. The van der Waals surface area contributed by atoms with E-state index in [1.54, 1.807) is 0 Å². The van der Waals surface area contributed by atoms with Crippen molar-refractivity contribution in [2.75, 3.05) is 5.75 Å². The summed E-state index contributed by atoms with van der Waals surface area (Å²) in [6.07, 6.45) is 2.37. The molecule has 6 heteroatoms. The molecule has 2 heterocycles. The van der Waals surface area contributed by atoms with E-state index in [0.29, 0.717) is 16.8 Å². The first-order valence-electron chi connectivity index (χ1n) is 9.28. The molecule has 1 aliphatic rings. The van der Waals surface area contributed by atoms with E-state index < -0.39 is 0 Å². The Bertz CT molecular complexity index is 993. The molecule has 3 aromatic rings. The predicted octanol–water partition coefficient (Wildman–Crippen LogP) is 4.68. The number of H-pyrrole nitrogens is 1. The van der Waals surface area contributed by atoms with Crippen molar-refractivity contribution in [2.24, 2.45) is 0 Å². The largest absolute Gasteiger partial charge is 0.318 e. The number of carbonyl (C=O) groups excluding carboxylic acids is 1. The highest BCUT2D eigenvalue weighted by atomic mass is 32.2. The number of ketones is 1. The molecule has 0 spiro atoms. The number of thioether (sulfide) groups is 1. The number of carbonyl (C=O) groups is 1. The summed E-state index contributed by atoms with van der Waals surface area (Å²) >= 11 is 1.40. The van der Waals surface area contributed by atoms with Crippen molar-refractivity contribution >= 4 is 17.5 Å². The first-order valence-corrected chi connectivity index (χ1v) is 10.3. The third-order valence-electron chi connectivity index (χ3n) is 4.97. The van der Waals surface area contributed by atoms with E-state index in [1.807, 2.05) is 19.9 Å². The summed E-state index contributed by atoms with van der Waals surface area (Å²) in [4.78, 5) is 17.3. The van der Waals surface area contributed by atoms with Crippen LogP contribution < -0.4 is 0 Å². The van der Waals surface area contributed by atoms with E-state index in [4.69, 9.17) is 0 Å². The van der Waals surface area contributed by atoms with Crippen LogP contribution in [0.4, 0.5) is 0 Å². The zero-order chi connectivity index (χ0) is 19.1. The van der Waals surface area contributed by atoms with Crippen LogP contribution in [0.15, 0.2) is 29.4 Å². The molecule has 1 N–H and O–H groups in total. The second-order valence-electron chi connectivity index (χ2n) is 7.46. The average molecular weight is 381 g/mol. The predicted molar refractivity (Wildman–Crippen MR) is 108 cm³/mol. The summed E-state index contributed by atoms with van der Waals surface area (Å²) in [5.41, 5.74) is 6.37. The standard InChI is InChI=1S/C21H24N4OS/c1-12-7-13(2)9-17(8-12)25-14(3)10-18(15(25)4)19(26)11-27-21-22-20(23-24-21)16-5-6-16/h7-10,16H,5-6,11H2,1-4H3,(H,22,23,24). The molecule has 0 radical (unpaired) electrons. The molecule has 140 valence electrons. The van der Waals surface area contributed by atoms with Gasteiger partial charge in [0.05, 0.1) is 5.75 Å². The number of nitrogens with one attached hydrogen (secondary N) is 1. The van der Waals surface area contributed by atoms with Gasteiger partial charge in [-0.15, -0.1) is 5.10 Å². The van der Waals surface area contributed by atoms with Crippen LogP contribution >= 0.6 is 11.8 Å². The summed E-state index contributed by atoms with van der Waals surface area (Å²) in [5, 5.41) is 7.88. The fourth-order valence-corrected chi connectivity index (χ4v) is 4.28. The Kier molecular flexibility index (Phi) is 4.68. The van der Waals surface area contributed by atoms with Crippen LogP contribution in [0, 0.1) is 27.7 Å². The molecule has 1 aliphatic carbocycles. The first kappa shape index (κ1) is 18.0. The van der Waals surface area contributed by atoms with Crippen molar-refractivity contribution in [3.05, 3.63) is 58.2 Å². The zero-order valence-corrected chi connectivity index (χ0v) is 17.0. The number of aryl methyl sites for hydroxylation is 3. The first-order chi connectivity index (χ1) is 12.9. The average Bonchev–Trinajstić information content (AvgIpc) is 3.27. The number of benzene rings is 1. The molecule has 0 bridgehead atoms. The van der Waals surface area contributed by atoms with Crippen molar-refractivity contribution in [3.8, 4) is 5.69 Å². The van der Waals surface area contributed by atoms with Gasteiger partial charge in [-0.25, -0.2) is 4.98 Å². The maximum Gasteiger partial charge on any atom is 0.208 e. The highest BCUT2D eigenvalue weighted by Gasteiger charge is 2.27. The maximum atomic E-state index is 12.8. The van der Waals surface area contributed by atoms with E-state index in [2.05, 4.69) is 51.8 Å². The molecule has 0 unspecified atom stereocenters. The Hall–Kier alpha value is -2.34. The van der Waals surface area contributed by atoms with Gasteiger partial charge in [0, 0.05) is 28.6 Å². The molecule has 0 atom stereocenters. The zero-order valence-electron chi connectivity index (χ0n) is 16.2. The van der Waals surface area contributed by atoms with Gasteiger partial charge in [-0.2, -0.15) is 0 Å². The minimum atomic E-state index is 0.112. The van der Waals surface area contributed by atoms with Crippen LogP contribution in [0.1, 0.15) is 57.5 Å². The number of aromatic amines is 1. The number of Topliss-reactive ketones (excluding diaryl/α,β-unsaturated/α-hetero) is 1. The Morgan fingerprint density at radius 3 is 2.52 bits per heavy atom. The summed E-state index contributed by atoms with van der Waals surface area (Å²) < 4.78 is 2.16. The van der Waals surface area contributed by atoms with Gasteiger partial charge in [0.25, 0.3) is 0 Å². The van der Waals surface area contributed by atoms with Crippen molar-refractivity contribution < 1.29 is 4.79 Å². The van der Waals surface area contributed by atoms with Gasteiger partial charge < -0.3 is 4.57 Å². The van der Waals surface area contributed by atoms with Crippen LogP contribution in [0.5, 0.6) is 0 Å². The fraction of sp³-hybridized carbons (Fsp3) is 0.381. The highest BCUT2D eigenvalue weighted by Crippen LogP contribution is 2.38. The number of nitrogens with zero attached hydrogens (tertiary/aromatic N) is 3. The number of hydrogen-bond acceptors (Lipinski definition) is 4. The lowest BCUT2D eigenvalue weighted by Gasteiger charge is -2.12. The van der Waals surface area contributed by atoms with Gasteiger partial charge in [0.1, 0.15) is 5.82 Å². The minimum absolute atomic E-state index is 0.112. The molecule has 0 aliphatic heterocycles. The Morgan fingerprint density at radius 2 is 1.85 bits per heavy atom. The summed E-state index contributed by atoms with van der Waals surface area (Å²) in [6, 6.07) is 8.46. The Balaban J connectivity index is 1.53. The van der Waals surface area contributed by atoms with Crippen LogP contribution in [-0.4, -0.2) is 31.3 Å². The lowest BCUT2D eigenvalue weighted by atomic mass is 10.1. The van der Waals surface area contributed by atoms with Crippen LogP contribution in [0.25, 0.3) is 5.69 Å². The molecule has 0 amide bonds. The van der Waals surface area contributed by atoms with E-state index >= 15 is 0 Å². The number of hydrogen-bond donors (Lipinski definition) is 1. The SMILES string of the molecule is Cc1cc(C)cc(-n2c(C)cc(C(=O)CSc3n[nH]c(C4CC4)n3)c2C)c1. The highest BCUT2D eigenvalue weighted by molar-refractivity contribution is 7.99. The molecule has 2 aromatic heterocycles. The molecule has 1 saturated carbocycles. The van der Waals surface area contributed by atoms with Gasteiger partial charge in [-0.3, -0.25) is 9.89 Å². The quantitative estimate of drug-likeness (QED) is 0.498. The van der Waals surface area contributed by atoms with Crippen molar-refractivity contribution in [3.63, 3.8) is 0 Å². The second kappa shape index (κ2) is 7.00. The topological polar surface area (TPSA) is 63.6 Å². The normalized spacial score (nSPS) is 13.9. The van der Waals surface area contributed by atoms with E-state index in [0.717, 1.165) is 28.5 Å². The van der Waals surface area contributed by atoms with Gasteiger partial charge in [0.2, 0.25) is 5.16 Å². The Morgan fingerprint density at radius 1 is 1.15 bits per heavy atom. The Labute approximate surface area is 163 Å². The van der Waals surface area contributed by atoms with Crippen LogP contribution in [-0.2, 0) is 0 Å². The van der Waals surface area contributed by atoms with E-state index in [1.165, 1.54) is 35.7 Å². The van der Waals surface area contributed by atoms with Crippen molar-refractivity contribution in [2.45, 2.75) is 51.6 Å². The molecule has 27 heavy (non-hydrogen) atoms. The molecule has 4 rings (SSSR count). The molecular weight excluding hydrogens is 356 g/mol. The third-order valence-corrected chi connectivity index (χ3v) is 5.82. The van der Waals surface area contributed by atoms with Crippen LogP contribution in [0.3, 0.4) is 0 Å². The number of aromatic nitrogens is 4. The van der Waals surface area contributed by atoms with Crippen LogP contribution in [0.2, 0.25) is 0 Å². The molecule has 1 fully saturated rings. The summed E-state index contributed by atoms with van der Waals surface area (Å²) in [6.45, 7) is 8.26. The van der Waals surface area contributed by atoms with Gasteiger partial charge in [-0.05, 0) is 69.9 Å². The van der Waals surface area contributed by atoms with E-state index in [9.17, 15) is 4.79 Å². The molecular formula is C21H24N4OS. The number of rotatable bonds is 6. The third kappa shape index (κ3) is 3.72. The van der Waals surface area contributed by atoms with E-state index in [-0.39, 0.29) is 5.78 Å². The van der Waals surface area contributed by atoms with Crippen molar-refractivity contribution in [1.82, 2.24) is 19.7 Å². The monoisotopic (exact) mass is 380 g/mol. The van der Waals surface area contributed by atoms with Gasteiger partial charge >= 0.3 is 0 Å². The maximum absolute atomic E-state index is 12.8. The molecule has 5 nitrogen and oxygen atoms in total. The smallest absolute Gasteiger partial charge is 0.208 e. The van der Waals surface area contributed by atoms with Gasteiger partial charge in [0.15, 0.2) is 5.78 Å². The molecule has 1 aromatic carbocycles. The lowest BCUT2D eigenvalue weighted by molar-refractivity contribution is 0.102.